The van der Waals surface area contributed by atoms with Crippen LogP contribution in [0.25, 0.3) is 0 Å². The third-order valence-electron chi connectivity index (χ3n) is 2.93. The maximum atomic E-state index is 11.6. The Bertz CT molecular complexity index is 404. The molecule has 18 heavy (non-hydrogen) atoms. The van der Waals surface area contributed by atoms with Gasteiger partial charge in [-0.3, -0.25) is 0 Å². The van der Waals surface area contributed by atoms with E-state index in [2.05, 4.69) is 0 Å². The molecule has 98 valence electrons. The lowest BCUT2D eigenvalue weighted by atomic mass is 10.2. The summed E-state index contributed by atoms with van der Waals surface area (Å²) in [5, 5.41) is 8.82. The number of benzene rings is 1. The van der Waals surface area contributed by atoms with E-state index in [1.807, 2.05) is 24.3 Å². The zero-order chi connectivity index (χ0) is 13.0. The Morgan fingerprint density at radius 1 is 1.44 bits per heavy atom. The number of rotatable bonds is 5. The number of aliphatic hydroxyl groups is 1. The number of methoxy groups -OCH3 is 1. The summed E-state index contributed by atoms with van der Waals surface area (Å²) in [6.07, 6.45) is -0.0183. The van der Waals surface area contributed by atoms with Gasteiger partial charge >= 0.3 is 6.09 Å². The number of aliphatic hydroxyl groups excluding tert-OH is 1. The van der Waals surface area contributed by atoms with Crippen LogP contribution in [0, 0.1) is 0 Å². The molecule has 5 heteroatoms. The Hall–Kier alpha value is -1.75. The van der Waals surface area contributed by atoms with Crippen LogP contribution >= 0.6 is 0 Å². The van der Waals surface area contributed by atoms with Crippen molar-refractivity contribution in [1.29, 1.82) is 0 Å². The van der Waals surface area contributed by atoms with Crippen molar-refractivity contribution in [3.05, 3.63) is 29.8 Å². The third kappa shape index (κ3) is 2.92. The van der Waals surface area contributed by atoms with Crippen molar-refractivity contribution in [1.82, 2.24) is 4.90 Å². The van der Waals surface area contributed by atoms with Crippen molar-refractivity contribution >= 4 is 6.09 Å². The number of cyclic esters (lactones) is 1. The van der Waals surface area contributed by atoms with Crippen molar-refractivity contribution in [2.24, 2.45) is 0 Å². The van der Waals surface area contributed by atoms with Crippen molar-refractivity contribution in [2.75, 3.05) is 20.3 Å². The second-order valence-electron chi connectivity index (χ2n) is 4.25. The van der Waals surface area contributed by atoms with Crippen molar-refractivity contribution in [2.45, 2.75) is 19.1 Å². The van der Waals surface area contributed by atoms with Crippen LogP contribution in [-0.4, -0.2) is 42.5 Å². The molecule has 0 aliphatic carbocycles. The average molecular weight is 251 g/mol. The Kier molecular flexibility index (Phi) is 4.04. The van der Waals surface area contributed by atoms with Crippen LogP contribution in [0.5, 0.6) is 5.75 Å². The Morgan fingerprint density at radius 2 is 2.17 bits per heavy atom. The monoisotopic (exact) mass is 251 g/mol. The van der Waals surface area contributed by atoms with E-state index in [-0.39, 0.29) is 18.8 Å². The lowest BCUT2D eigenvalue weighted by molar-refractivity contribution is 0.117. The molecule has 1 amide bonds. The van der Waals surface area contributed by atoms with Crippen molar-refractivity contribution in [3.63, 3.8) is 0 Å². The van der Waals surface area contributed by atoms with Crippen LogP contribution in [0.15, 0.2) is 24.3 Å². The smallest absolute Gasteiger partial charge is 0.410 e. The largest absolute Gasteiger partial charge is 0.497 e. The second-order valence-corrected chi connectivity index (χ2v) is 4.25. The van der Waals surface area contributed by atoms with Crippen LogP contribution in [-0.2, 0) is 11.3 Å². The number of hydrogen-bond donors (Lipinski definition) is 1. The quantitative estimate of drug-likeness (QED) is 0.859. The minimum absolute atomic E-state index is 0.0360. The molecule has 1 aliphatic rings. The fraction of sp³-hybridized carbons (Fsp3) is 0.462. The average Bonchev–Trinajstić information content (AvgIpc) is 2.71. The van der Waals surface area contributed by atoms with E-state index in [0.29, 0.717) is 19.5 Å². The van der Waals surface area contributed by atoms with Gasteiger partial charge in [0.15, 0.2) is 0 Å². The summed E-state index contributed by atoms with van der Waals surface area (Å²) < 4.78 is 10.2. The van der Waals surface area contributed by atoms with Gasteiger partial charge in [0, 0.05) is 19.6 Å². The SMILES string of the molecule is COc1ccc(CN2C[C@@H](CCO)OC2=O)cc1. The molecule has 1 heterocycles. The summed E-state index contributed by atoms with van der Waals surface area (Å²) >= 11 is 0. The molecule has 5 nitrogen and oxygen atoms in total. The van der Waals surface area contributed by atoms with E-state index in [1.165, 1.54) is 0 Å². The van der Waals surface area contributed by atoms with Gasteiger partial charge in [0.25, 0.3) is 0 Å². The molecule has 0 bridgehead atoms. The Balaban J connectivity index is 1.94. The first-order valence-electron chi connectivity index (χ1n) is 5.92. The maximum absolute atomic E-state index is 11.6. The molecule has 0 unspecified atom stereocenters. The highest BCUT2D eigenvalue weighted by Gasteiger charge is 2.30. The normalized spacial score (nSPS) is 18.9. The molecule has 1 N–H and O–H groups in total. The van der Waals surface area contributed by atoms with Crippen molar-refractivity contribution in [3.8, 4) is 5.75 Å². The van der Waals surface area contributed by atoms with E-state index in [9.17, 15) is 4.79 Å². The first-order chi connectivity index (χ1) is 8.72. The molecule has 1 aromatic carbocycles. The highest BCUT2D eigenvalue weighted by molar-refractivity contribution is 5.69. The summed E-state index contributed by atoms with van der Waals surface area (Å²) in [6, 6.07) is 7.57. The second kappa shape index (κ2) is 5.73. The number of nitrogens with zero attached hydrogens (tertiary/aromatic N) is 1. The summed E-state index contributed by atoms with van der Waals surface area (Å²) in [4.78, 5) is 13.2. The van der Waals surface area contributed by atoms with Crippen LogP contribution < -0.4 is 4.74 Å². The molecule has 1 aliphatic heterocycles. The zero-order valence-corrected chi connectivity index (χ0v) is 10.3. The van der Waals surface area contributed by atoms with Gasteiger partial charge in [-0.05, 0) is 17.7 Å². The molecule has 0 spiro atoms. The topological polar surface area (TPSA) is 59.0 Å². The van der Waals surface area contributed by atoms with Crippen LogP contribution in [0.3, 0.4) is 0 Å². The summed E-state index contributed by atoms with van der Waals surface area (Å²) in [5.74, 6) is 0.793. The summed E-state index contributed by atoms with van der Waals surface area (Å²) in [5.41, 5.74) is 1.03. The predicted octanol–water partition coefficient (Wildman–Crippen LogP) is 1.40. The highest BCUT2D eigenvalue weighted by atomic mass is 16.6. The number of carbonyl (C=O) groups excluding carboxylic acids is 1. The van der Waals surface area contributed by atoms with Gasteiger partial charge in [-0.15, -0.1) is 0 Å². The molecular weight excluding hydrogens is 234 g/mol. The molecule has 1 aromatic rings. The zero-order valence-electron chi connectivity index (χ0n) is 10.3. The number of ether oxygens (including phenoxy) is 2. The van der Waals surface area contributed by atoms with Gasteiger partial charge in [0.2, 0.25) is 0 Å². The number of amides is 1. The molecule has 0 saturated carbocycles. The minimum Gasteiger partial charge on any atom is -0.497 e. The number of carbonyl (C=O) groups is 1. The molecule has 1 fully saturated rings. The molecule has 0 aromatic heterocycles. The summed E-state index contributed by atoms with van der Waals surface area (Å²) in [7, 11) is 1.62. The fourth-order valence-electron chi connectivity index (χ4n) is 1.95. The van der Waals surface area contributed by atoms with Gasteiger partial charge in [-0.1, -0.05) is 12.1 Å². The Morgan fingerprint density at radius 3 is 2.78 bits per heavy atom. The first-order valence-corrected chi connectivity index (χ1v) is 5.92. The highest BCUT2D eigenvalue weighted by Crippen LogP contribution is 2.18. The van der Waals surface area contributed by atoms with Crippen LogP contribution in [0.2, 0.25) is 0 Å². The molecule has 2 rings (SSSR count). The van der Waals surface area contributed by atoms with Crippen LogP contribution in [0.4, 0.5) is 4.79 Å². The minimum atomic E-state index is -0.315. The fourth-order valence-corrected chi connectivity index (χ4v) is 1.95. The molecule has 1 saturated heterocycles. The Labute approximate surface area is 106 Å². The summed E-state index contributed by atoms with van der Waals surface area (Å²) in [6.45, 7) is 1.09. The van der Waals surface area contributed by atoms with Gasteiger partial charge in [-0.2, -0.15) is 0 Å². The van der Waals surface area contributed by atoms with Gasteiger partial charge < -0.3 is 19.5 Å². The molecule has 0 radical (unpaired) electrons. The van der Waals surface area contributed by atoms with E-state index in [4.69, 9.17) is 14.6 Å². The van der Waals surface area contributed by atoms with Gasteiger partial charge in [0.05, 0.1) is 13.7 Å². The first kappa shape index (κ1) is 12.7. The van der Waals surface area contributed by atoms with Gasteiger partial charge in [-0.25, -0.2) is 4.79 Å². The molecule has 1 atom stereocenters. The van der Waals surface area contributed by atoms with E-state index < -0.39 is 0 Å². The third-order valence-corrected chi connectivity index (χ3v) is 2.93. The number of hydrogen-bond acceptors (Lipinski definition) is 4. The van der Waals surface area contributed by atoms with E-state index in [1.54, 1.807) is 12.0 Å². The van der Waals surface area contributed by atoms with E-state index >= 15 is 0 Å². The lowest BCUT2D eigenvalue weighted by Gasteiger charge is -2.13. The maximum Gasteiger partial charge on any atom is 0.410 e. The van der Waals surface area contributed by atoms with Crippen LogP contribution in [0.1, 0.15) is 12.0 Å². The van der Waals surface area contributed by atoms with Crippen molar-refractivity contribution < 1.29 is 19.4 Å². The standard InChI is InChI=1S/C13H17NO4/c1-17-11-4-2-10(3-5-11)8-14-9-12(6-7-15)18-13(14)16/h2-5,12,15H,6-9H2,1H3/t12-/m1/s1. The van der Waals surface area contributed by atoms with Gasteiger partial charge in [0.1, 0.15) is 11.9 Å². The van der Waals surface area contributed by atoms with E-state index in [0.717, 1.165) is 11.3 Å². The lowest BCUT2D eigenvalue weighted by Crippen LogP contribution is -2.24. The predicted molar refractivity (Wildman–Crippen MR) is 65.4 cm³/mol. The molecular formula is C13H17NO4.